The van der Waals surface area contributed by atoms with E-state index in [9.17, 15) is 9.59 Å². The van der Waals surface area contributed by atoms with Gasteiger partial charge in [0.1, 0.15) is 5.70 Å². The van der Waals surface area contributed by atoms with Gasteiger partial charge in [0, 0.05) is 10.6 Å². The summed E-state index contributed by atoms with van der Waals surface area (Å²) in [5.41, 5.74) is 3.67. The molecule has 0 saturated carbocycles. The zero-order chi connectivity index (χ0) is 20.7. The van der Waals surface area contributed by atoms with Crippen molar-refractivity contribution in [1.82, 2.24) is 0 Å². The Bertz CT molecular complexity index is 1170. The lowest BCUT2D eigenvalue weighted by atomic mass is 10.1. The van der Waals surface area contributed by atoms with E-state index in [0.29, 0.717) is 10.5 Å². The predicted octanol–water partition coefficient (Wildman–Crippen LogP) is 6.07. The highest BCUT2D eigenvalue weighted by Gasteiger charge is 2.41. The van der Waals surface area contributed by atoms with Gasteiger partial charge in [0.15, 0.2) is 0 Å². The molecule has 4 nitrogen and oxygen atoms in total. The standard InChI is InChI=1S/C22H16Cl2N2O2S/c1-12-6-3-8-15(13(12)2)25-20-18(17-10-5-11-29-17)21(27)26(22(20)28)16-9-4-7-14(23)19(16)24/h3-11,25H,1-2H3. The number of rotatable bonds is 4. The Labute approximate surface area is 182 Å². The molecule has 29 heavy (non-hydrogen) atoms. The Morgan fingerprint density at radius 3 is 2.41 bits per heavy atom. The van der Waals surface area contributed by atoms with Crippen molar-refractivity contribution in [2.24, 2.45) is 0 Å². The van der Waals surface area contributed by atoms with Crippen LogP contribution in [0.1, 0.15) is 16.0 Å². The summed E-state index contributed by atoms with van der Waals surface area (Å²) in [6.45, 7) is 3.96. The number of amides is 2. The van der Waals surface area contributed by atoms with Gasteiger partial charge < -0.3 is 5.32 Å². The molecule has 2 aromatic carbocycles. The van der Waals surface area contributed by atoms with E-state index in [1.807, 2.05) is 49.6 Å². The third kappa shape index (κ3) is 3.35. The van der Waals surface area contributed by atoms with Gasteiger partial charge in [-0.25, -0.2) is 4.90 Å². The van der Waals surface area contributed by atoms with E-state index in [0.717, 1.165) is 21.7 Å². The summed E-state index contributed by atoms with van der Waals surface area (Å²) in [6, 6.07) is 14.3. The first-order valence-electron chi connectivity index (χ1n) is 8.84. The first-order chi connectivity index (χ1) is 13.9. The van der Waals surface area contributed by atoms with Crippen LogP contribution >= 0.6 is 34.5 Å². The minimum Gasteiger partial charge on any atom is -0.350 e. The summed E-state index contributed by atoms with van der Waals surface area (Å²) < 4.78 is 0. The zero-order valence-corrected chi connectivity index (χ0v) is 18.0. The van der Waals surface area contributed by atoms with Gasteiger partial charge in [-0.3, -0.25) is 9.59 Å². The predicted molar refractivity (Wildman–Crippen MR) is 120 cm³/mol. The van der Waals surface area contributed by atoms with Crippen molar-refractivity contribution in [3.63, 3.8) is 0 Å². The third-order valence-electron chi connectivity index (χ3n) is 4.89. The molecule has 0 fully saturated rings. The molecule has 1 aliphatic heterocycles. The van der Waals surface area contributed by atoms with Crippen LogP contribution in [0.15, 0.2) is 59.6 Å². The number of aryl methyl sites for hydroxylation is 1. The van der Waals surface area contributed by atoms with Crippen LogP contribution in [-0.4, -0.2) is 11.8 Å². The molecule has 7 heteroatoms. The maximum absolute atomic E-state index is 13.4. The lowest BCUT2D eigenvalue weighted by molar-refractivity contribution is -0.120. The van der Waals surface area contributed by atoms with Crippen molar-refractivity contribution in [3.8, 4) is 0 Å². The van der Waals surface area contributed by atoms with Crippen molar-refractivity contribution in [2.75, 3.05) is 10.2 Å². The van der Waals surface area contributed by atoms with Gasteiger partial charge in [0.2, 0.25) is 0 Å². The van der Waals surface area contributed by atoms with Gasteiger partial charge in [-0.05, 0) is 54.6 Å². The summed E-state index contributed by atoms with van der Waals surface area (Å²) in [4.78, 5) is 28.5. The maximum atomic E-state index is 13.4. The first-order valence-corrected chi connectivity index (χ1v) is 10.5. The fourth-order valence-electron chi connectivity index (χ4n) is 3.20. The molecule has 0 spiro atoms. The van der Waals surface area contributed by atoms with Crippen LogP contribution in [0, 0.1) is 13.8 Å². The van der Waals surface area contributed by atoms with E-state index >= 15 is 0 Å². The van der Waals surface area contributed by atoms with Crippen LogP contribution in [0.2, 0.25) is 10.0 Å². The Morgan fingerprint density at radius 1 is 0.931 bits per heavy atom. The molecule has 0 atom stereocenters. The molecule has 0 bridgehead atoms. The van der Waals surface area contributed by atoms with Gasteiger partial charge in [0.05, 0.1) is 21.3 Å². The molecular formula is C22H16Cl2N2O2S. The number of imide groups is 1. The minimum absolute atomic E-state index is 0.161. The molecule has 2 amide bonds. The zero-order valence-electron chi connectivity index (χ0n) is 15.6. The van der Waals surface area contributed by atoms with E-state index in [1.54, 1.807) is 18.2 Å². The molecular weight excluding hydrogens is 427 g/mol. The quantitative estimate of drug-likeness (QED) is 0.498. The number of thiophene rings is 1. The number of benzene rings is 2. The van der Waals surface area contributed by atoms with Crippen molar-refractivity contribution in [2.45, 2.75) is 13.8 Å². The lowest BCUT2D eigenvalue weighted by Gasteiger charge is -2.17. The number of halogens is 2. The van der Waals surface area contributed by atoms with Gasteiger partial charge in [-0.2, -0.15) is 0 Å². The van der Waals surface area contributed by atoms with Crippen molar-refractivity contribution < 1.29 is 9.59 Å². The van der Waals surface area contributed by atoms with Crippen LogP contribution in [0.4, 0.5) is 11.4 Å². The molecule has 0 radical (unpaired) electrons. The summed E-state index contributed by atoms with van der Waals surface area (Å²) >= 11 is 13.8. The van der Waals surface area contributed by atoms with Crippen LogP contribution in [0.25, 0.3) is 5.57 Å². The number of carbonyl (C=O) groups excluding carboxylic acids is 2. The summed E-state index contributed by atoms with van der Waals surface area (Å²) in [5, 5.41) is 5.50. The Morgan fingerprint density at radius 2 is 1.69 bits per heavy atom. The number of nitrogens with one attached hydrogen (secondary N) is 1. The SMILES string of the molecule is Cc1cccc(NC2=C(c3cccs3)C(=O)N(c3cccc(Cl)c3Cl)C2=O)c1C. The lowest BCUT2D eigenvalue weighted by Crippen LogP contribution is -2.32. The van der Waals surface area contributed by atoms with Crippen LogP contribution in [0.5, 0.6) is 0 Å². The topological polar surface area (TPSA) is 49.4 Å². The number of nitrogens with zero attached hydrogens (tertiary/aromatic N) is 1. The molecule has 3 aromatic rings. The van der Waals surface area contributed by atoms with Crippen LogP contribution < -0.4 is 10.2 Å². The molecule has 1 N–H and O–H groups in total. The fourth-order valence-corrected chi connectivity index (χ4v) is 4.35. The monoisotopic (exact) mass is 442 g/mol. The van der Waals surface area contributed by atoms with Crippen LogP contribution in [-0.2, 0) is 9.59 Å². The van der Waals surface area contributed by atoms with E-state index in [1.165, 1.54) is 11.3 Å². The second-order valence-electron chi connectivity index (χ2n) is 6.62. The number of carbonyl (C=O) groups is 2. The van der Waals surface area contributed by atoms with Crippen molar-refractivity contribution in [3.05, 3.63) is 85.7 Å². The molecule has 0 aliphatic carbocycles. The van der Waals surface area contributed by atoms with E-state index in [4.69, 9.17) is 23.2 Å². The van der Waals surface area contributed by atoms with Crippen molar-refractivity contribution >= 4 is 63.3 Å². The highest BCUT2D eigenvalue weighted by atomic mass is 35.5. The molecule has 1 aromatic heterocycles. The smallest absolute Gasteiger partial charge is 0.282 e. The van der Waals surface area contributed by atoms with Crippen LogP contribution in [0.3, 0.4) is 0 Å². The maximum Gasteiger partial charge on any atom is 0.282 e. The average Bonchev–Trinajstić information content (AvgIpc) is 3.29. The molecule has 146 valence electrons. The summed E-state index contributed by atoms with van der Waals surface area (Å²) in [5.74, 6) is -0.905. The highest BCUT2D eigenvalue weighted by molar-refractivity contribution is 7.11. The normalized spacial score (nSPS) is 14.1. The van der Waals surface area contributed by atoms with Gasteiger partial charge >= 0.3 is 0 Å². The molecule has 2 heterocycles. The largest absolute Gasteiger partial charge is 0.350 e. The van der Waals surface area contributed by atoms with E-state index in [-0.39, 0.29) is 21.4 Å². The Hall–Kier alpha value is -2.60. The Kier molecular flexibility index (Phi) is 5.21. The Balaban J connectivity index is 1.85. The van der Waals surface area contributed by atoms with Crippen molar-refractivity contribution in [1.29, 1.82) is 0 Å². The number of anilines is 2. The van der Waals surface area contributed by atoms with Gasteiger partial charge in [-0.15, -0.1) is 11.3 Å². The number of hydrogen-bond donors (Lipinski definition) is 1. The molecule has 4 rings (SSSR count). The highest BCUT2D eigenvalue weighted by Crippen LogP contribution is 2.40. The molecule has 1 aliphatic rings. The van der Waals surface area contributed by atoms with Gasteiger partial charge in [-0.1, -0.05) is 47.5 Å². The van der Waals surface area contributed by atoms with Gasteiger partial charge in [0.25, 0.3) is 11.8 Å². The second-order valence-corrected chi connectivity index (χ2v) is 8.35. The molecule has 0 unspecified atom stereocenters. The third-order valence-corrected chi connectivity index (χ3v) is 6.58. The summed E-state index contributed by atoms with van der Waals surface area (Å²) in [7, 11) is 0. The average molecular weight is 443 g/mol. The van der Waals surface area contributed by atoms with E-state index in [2.05, 4.69) is 5.32 Å². The first kappa shape index (κ1) is 19.7. The molecule has 0 saturated heterocycles. The summed E-state index contributed by atoms with van der Waals surface area (Å²) in [6.07, 6.45) is 0. The number of hydrogen-bond acceptors (Lipinski definition) is 4. The second kappa shape index (κ2) is 7.67. The van der Waals surface area contributed by atoms with E-state index < -0.39 is 11.8 Å². The minimum atomic E-state index is -0.469. The fraction of sp³-hybridized carbons (Fsp3) is 0.0909.